The predicted octanol–water partition coefficient (Wildman–Crippen LogP) is 15.0. The normalized spacial score (nSPS) is 10.5. The molecule has 0 saturated heterocycles. The van der Waals surface area contributed by atoms with Gasteiger partial charge in [-0.15, -0.1) is 0 Å². The number of ether oxygens (including phenoxy) is 2. The van der Waals surface area contributed by atoms with Crippen LogP contribution in [0, 0.1) is 27.7 Å². The highest BCUT2D eigenvalue weighted by molar-refractivity contribution is 6.33. The van der Waals surface area contributed by atoms with E-state index in [2.05, 4.69) is 71.0 Å². The highest BCUT2D eigenvalue weighted by Crippen LogP contribution is 2.28. The maximum absolute atomic E-state index is 11.4. The Kier molecular flexibility index (Phi) is 21.7. The van der Waals surface area contributed by atoms with E-state index in [0.29, 0.717) is 54.0 Å². The molecule has 0 atom stereocenters. The fraction of sp³-hybridized carbons (Fsp3) is 0.222. The molecule has 0 spiro atoms. The molecule has 0 aromatic heterocycles. The van der Waals surface area contributed by atoms with Crippen molar-refractivity contribution in [2.24, 2.45) is 0 Å². The third kappa shape index (κ3) is 18.9. The van der Waals surface area contributed by atoms with Gasteiger partial charge in [0.25, 0.3) is 0 Å². The first-order valence-corrected chi connectivity index (χ1v) is 25.0. The van der Waals surface area contributed by atoms with E-state index in [1.54, 1.807) is 49.6 Å². The van der Waals surface area contributed by atoms with E-state index in [1.165, 1.54) is 12.7 Å². The number of esters is 1. The number of phenolic OH excluding ortho intramolecular Hbond substituents is 4. The molecule has 75 heavy (non-hydrogen) atoms. The number of para-hydroxylation sites is 1. The number of rotatable bonds is 14. The number of aromatic hydroxyl groups is 4. The van der Waals surface area contributed by atoms with Crippen molar-refractivity contribution in [2.75, 3.05) is 35.5 Å². The summed E-state index contributed by atoms with van der Waals surface area (Å²) < 4.78 is 9.84. The SMILES string of the molecule is COC(=O)c1cccc(NCc2cc(C)ccc2O)c1.COc1cccc(NCc2cc(C)ccc2O)c1.Cc1ccc(O)c(CNc2cccc(C(C)(C)C)c2)c1.Cc1ccc(O)c(CNc2ccccc2Cl)c1. The minimum absolute atomic E-state index is 0.142. The van der Waals surface area contributed by atoms with E-state index in [1.807, 2.05) is 131 Å². The van der Waals surface area contributed by atoms with Gasteiger partial charge < -0.3 is 51.2 Å². The van der Waals surface area contributed by atoms with Crippen molar-refractivity contribution < 1.29 is 34.7 Å². The topological polar surface area (TPSA) is 165 Å². The maximum atomic E-state index is 11.4. The summed E-state index contributed by atoms with van der Waals surface area (Å²) in [4.78, 5) is 11.4. The van der Waals surface area contributed by atoms with Crippen LogP contribution in [-0.2, 0) is 36.3 Å². The number of aryl methyl sites for hydroxylation is 4. The third-order valence-electron chi connectivity index (χ3n) is 11.8. The Morgan fingerprint density at radius 1 is 0.467 bits per heavy atom. The monoisotopic (exact) mass is 1030 g/mol. The maximum Gasteiger partial charge on any atom is 0.337 e. The number of phenols is 4. The number of nitrogens with one attached hydrogen (secondary N) is 4. The van der Waals surface area contributed by atoms with Gasteiger partial charge in [0.05, 0.1) is 30.5 Å². The molecule has 392 valence electrons. The zero-order valence-electron chi connectivity index (χ0n) is 44.4. The van der Waals surface area contributed by atoms with Crippen LogP contribution in [0.5, 0.6) is 28.7 Å². The largest absolute Gasteiger partial charge is 0.508 e. The average molecular weight is 1030 g/mol. The molecule has 8 aromatic carbocycles. The van der Waals surface area contributed by atoms with Crippen LogP contribution in [0.1, 0.15) is 81.2 Å². The van der Waals surface area contributed by atoms with E-state index in [0.717, 1.165) is 73.0 Å². The van der Waals surface area contributed by atoms with Crippen molar-refractivity contribution in [3.63, 3.8) is 0 Å². The molecule has 0 saturated carbocycles. The minimum Gasteiger partial charge on any atom is -0.508 e. The zero-order valence-corrected chi connectivity index (χ0v) is 45.1. The Bertz CT molecular complexity index is 3120. The number of carbonyl (C=O) groups excluding carboxylic acids is 1. The Morgan fingerprint density at radius 2 is 0.867 bits per heavy atom. The highest BCUT2D eigenvalue weighted by atomic mass is 35.5. The molecule has 0 aliphatic carbocycles. The molecule has 12 heteroatoms. The minimum atomic E-state index is -0.368. The van der Waals surface area contributed by atoms with E-state index in [4.69, 9.17) is 16.3 Å². The number of benzene rings is 8. The molecule has 8 N–H and O–H groups in total. The van der Waals surface area contributed by atoms with Crippen molar-refractivity contribution in [1.82, 2.24) is 0 Å². The number of hydrogen-bond donors (Lipinski definition) is 8. The fourth-order valence-corrected chi connectivity index (χ4v) is 7.72. The predicted molar refractivity (Wildman–Crippen MR) is 308 cm³/mol. The van der Waals surface area contributed by atoms with Crippen LogP contribution >= 0.6 is 11.6 Å². The van der Waals surface area contributed by atoms with Crippen LogP contribution < -0.4 is 26.0 Å². The van der Waals surface area contributed by atoms with Gasteiger partial charge in [0.2, 0.25) is 0 Å². The molecule has 0 amide bonds. The van der Waals surface area contributed by atoms with Crippen LogP contribution in [0.25, 0.3) is 0 Å². The summed E-state index contributed by atoms with van der Waals surface area (Å²) in [6, 6.07) is 53.0. The first-order valence-electron chi connectivity index (χ1n) is 24.6. The second kappa shape index (κ2) is 28.2. The van der Waals surface area contributed by atoms with Crippen LogP contribution in [0.3, 0.4) is 0 Å². The molecule has 0 unspecified atom stereocenters. The van der Waals surface area contributed by atoms with E-state index in [9.17, 15) is 25.2 Å². The summed E-state index contributed by atoms with van der Waals surface area (Å²) in [5.74, 6) is 1.66. The van der Waals surface area contributed by atoms with Gasteiger partial charge in [-0.1, -0.05) is 140 Å². The standard InChI is InChI=1S/C18H23NO.C16H17NO3.C15H17NO2.C14H14ClNO/c1-13-8-9-17(20)14(10-13)12-19-16-7-5-6-15(11-16)18(2,3)4;1-11-6-7-15(18)13(8-11)10-17-14-5-3-4-12(9-14)16(19)20-2;1-11-6-7-15(17)12(8-11)10-16-13-4-3-5-14(9-13)18-2;1-10-6-7-14(17)11(8-10)9-16-13-5-3-2-4-12(13)15/h5-11,19-20H,12H2,1-4H3;3-9,17-18H,10H2,1-2H3;3-9,16-17H,10H2,1-2H3;2-8,16-17H,9H2,1H3. The molecular formula is C63H71ClN4O7. The van der Waals surface area contributed by atoms with Gasteiger partial charge in [0.1, 0.15) is 28.7 Å². The van der Waals surface area contributed by atoms with Crippen LogP contribution in [-0.4, -0.2) is 40.6 Å². The van der Waals surface area contributed by atoms with Crippen molar-refractivity contribution in [3.8, 4) is 28.7 Å². The lowest BCUT2D eigenvalue weighted by molar-refractivity contribution is 0.0600. The van der Waals surface area contributed by atoms with Crippen LogP contribution in [0.15, 0.2) is 170 Å². The average Bonchev–Trinajstić information content (AvgIpc) is 3.40. The molecule has 0 heterocycles. The van der Waals surface area contributed by atoms with Crippen molar-refractivity contribution >= 4 is 40.3 Å². The summed E-state index contributed by atoms with van der Waals surface area (Å²) in [6.07, 6.45) is 0. The lowest BCUT2D eigenvalue weighted by Crippen LogP contribution is -2.11. The Hall–Kier alpha value is -8.28. The van der Waals surface area contributed by atoms with Gasteiger partial charge in [0.15, 0.2) is 0 Å². The van der Waals surface area contributed by atoms with Crippen molar-refractivity contribution in [1.29, 1.82) is 0 Å². The summed E-state index contributed by atoms with van der Waals surface area (Å²) in [5, 5.41) is 52.8. The van der Waals surface area contributed by atoms with E-state index < -0.39 is 0 Å². The van der Waals surface area contributed by atoms with Gasteiger partial charge in [-0.25, -0.2) is 4.79 Å². The summed E-state index contributed by atoms with van der Waals surface area (Å²) in [5.41, 5.74) is 13.6. The molecule has 8 aromatic rings. The number of carbonyl (C=O) groups is 1. The van der Waals surface area contributed by atoms with E-state index in [-0.39, 0.29) is 17.1 Å². The lowest BCUT2D eigenvalue weighted by atomic mass is 9.87. The van der Waals surface area contributed by atoms with Crippen molar-refractivity contribution in [2.45, 2.75) is 80.1 Å². The van der Waals surface area contributed by atoms with Gasteiger partial charge in [-0.05, 0) is 118 Å². The summed E-state index contributed by atoms with van der Waals surface area (Å²) in [7, 11) is 3.00. The van der Waals surface area contributed by atoms with Crippen LogP contribution in [0.4, 0.5) is 22.7 Å². The van der Waals surface area contributed by atoms with Crippen LogP contribution in [0.2, 0.25) is 5.02 Å². The Balaban J connectivity index is 0.000000185. The number of anilines is 4. The molecular weight excluding hydrogens is 960 g/mol. The summed E-state index contributed by atoms with van der Waals surface area (Å²) in [6.45, 7) is 16.9. The molecule has 0 radical (unpaired) electrons. The second-order valence-corrected chi connectivity index (χ2v) is 19.5. The van der Waals surface area contributed by atoms with Crippen molar-refractivity contribution in [3.05, 3.63) is 231 Å². The molecule has 0 aliphatic rings. The smallest absolute Gasteiger partial charge is 0.337 e. The van der Waals surface area contributed by atoms with Gasteiger partial charge in [-0.3, -0.25) is 0 Å². The first kappa shape index (κ1) is 57.6. The zero-order chi connectivity index (χ0) is 54.5. The molecule has 0 bridgehead atoms. The highest BCUT2D eigenvalue weighted by Gasteiger charge is 2.14. The quantitative estimate of drug-likeness (QED) is 0.0489. The Labute approximate surface area is 447 Å². The second-order valence-electron chi connectivity index (χ2n) is 19.1. The molecule has 0 fully saturated rings. The lowest BCUT2D eigenvalue weighted by Gasteiger charge is -2.20. The van der Waals surface area contributed by atoms with E-state index >= 15 is 0 Å². The molecule has 11 nitrogen and oxygen atoms in total. The number of halogens is 1. The molecule has 0 aliphatic heterocycles. The van der Waals surface area contributed by atoms with Gasteiger partial charge >= 0.3 is 5.97 Å². The number of methoxy groups -OCH3 is 2. The fourth-order valence-electron chi connectivity index (χ4n) is 7.51. The Morgan fingerprint density at radius 3 is 1.29 bits per heavy atom. The first-order chi connectivity index (χ1) is 35.8. The molecule has 8 rings (SSSR count). The third-order valence-corrected chi connectivity index (χ3v) is 12.1. The van der Waals surface area contributed by atoms with Gasteiger partial charge in [-0.2, -0.15) is 0 Å². The van der Waals surface area contributed by atoms with Gasteiger partial charge in [0, 0.05) is 71.6 Å². The number of hydrogen-bond acceptors (Lipinski definition) is 11. The summed E-state index contributed by atoms with van der Waals surface area (Å²) >= 11 is 6.04.